The van der Waals surface area contributed by atoms with Gasteiger partial charge in [-0.1, -0.05) is 23.7 Å². The van der Waals surface area contributed by atoms with Crippen molar-refractivity contribution in [2.45, 2.75) is 75.9 Å². The van der Waals surface area contributed by atoms with E-state index >= 15 is 0 Å². The molecule has 1 saturated carbocycles. The van der Waals surface area contributed by atoms with E-state index in [1.54, 1.807) is 16.7 Å². The third-order valence-corrected chi connectivity index (χ3v) is 9.31. The molecule has 2 aromatic heterocycles. The molecule has 38 heavy (non-hydrogen) atoms. The fourth-order valence-corrected chi connectivity index (χ4v) is 6.85. The number of hydrogen-bond donors (Lipinski definition) is 1. The van der Waals surface area contributed by atoms with Gasteiger partial charge >= 0.3 is 5.69 Å². The van der Waals surface area contributed by atoms with Gasteiger partial charge in [0.15, 0.2) is 0 Å². The standard InChI is InChI=1S/C28H32ClFN4O3S/c1-28(2,17-3-5-18(29)6-4-17)26(36)32-20-7-9-21(10-8-20)34-25(35)23-15-19(30)16-31-24(23)33(27(34)37)22-11-13-38-14-12-22/h3-6,15-16,20-22H,7-14H2,1-2H3,(H,32,36)/t20-,21+. The summed E-state index contributed by atoms with van der Waals surface area (Å²) in [5.41, 5.74) is -0.456. The number of pyridine rings is 1. The Morgan fingerprint density at radius 2 is 1.66 bits per heavy atom. The lowest BCUT2D eigenvalue weighted by Gasteiger charge is -2.33. The van der Waals surface area contributed by atoms with Crippen molar-refractivity contribution in [1.29, 1.82) is 0 Å². The van der Waals surface area contributed by atoms with Crippen molar-refractivity contribution in [2.24, 2.45) is 0 Å². The van der Waals surface area contributed by atoms with E-state index < -0.39 is 16.8 Å². The van der Waals surface area contributed by atoms with Crippen LogP contribution in [0.25, 0.3) is 11.0 Å². The van der Waals surface area contributed by atoms with Crippen LogP contribution in [0.3, 0.4) is 0 Å². The summed E-state index contributed by atoms with van der Waals surface area (Å²) in [6.07, 6.45) is 5.08. The predicted molar refractivity (Wildman–Crippen MR) is 150 cm³/mol. The van der Waals surface area contributed by atoms with Crippen LogP contribution in [-0.4, -0.2) is 37.6 Å². The average Bonchev–Trinajstić information content (AvgIpc) is 2.91. The molecule has 3 aromatic rings. The number of halogens is 2. The van der Waals surface area contributed by atoms with E-state index in [4.69, 9.17) is 11.6 Å². The van der Waals surface area contributed by atoms with Gasteiger partial charge in [0.2, 0.25) is 5.91 Å². The van der Waals surface area contributed by atoms with Gasteiger partial charge in [0.05, 0.1) is 17.0 Å². The summed E-state index contributed by atoms with van der Waals surface area (Å²) in [6, 6.07) is 8.03. The Bertz CT molecular complexity index is 1460. The largest absolute Gasteiger partial charge is 0.353 e. The SMILES string of the molecule is CC(C)(C(=O)N[C@H]1CC[C@@H](n2c(=O)c3cc(F)cnc3n(C3CCSCC3)c2=O)CC1)c1ccc(Cl)cc1. The van der Waals surface area contributed by atoms with Gasteiger partial charge in [0.25, 0.3) is 5.56 Å². The summed E-state index contributed by atoms with van der Waals surface area (Å²) in [7, 11) is 0. The Balaban J connectivity index is 1.38. The minimum absolute atomic E-state index is 0.0572. The molecular formula is C28H32ClFN4O3S. The number of nitrogens with one attached hydrogen (secondary N) is 1. The monoisotopic (exact) mass is 558 g/mol. The second kappa shape index (κ2) is 10.8. The molecule has 2 aliphatic rings. The maximum absolute atomic E-state index is 14.1. The number of thioether (sulfide) groups is 1. The first kappa shape index (κ1) is 26.9. The molecule has 2 fully saturated rings. The van der Waals surface area contributed by atoms with Crippen molar-refractivity contribution in [2.75, 3.05) is 11.5 Å². The molecule has 7 nitrogen and oxygen atoms in total. The number of rotatable bonds is 5. The van der Waals surface area contributed by atoms with Crippen LogP contribution in [0, 0.1) is 5.82 Å². The molecule has 10 heteroatoms. The van der Waals surface area contributed by atoms with E-state index in [2.05, 4.69) is 10.3 Å². The third kappa shape index (κ3) is 5.15. The zero-order valence-corrected chi connectivity index (χ0v) is 23.2. The molecule has 1 aliphatic heterocycles. The van der Waals surface area contributed by atoms with Crippen LogP contribution in [-0.2, 0) is 10.2 Å². The van der Waals surface area contributed by atoms with E-state index in [9.17, 15) is 18.8 Å². The number of hydrogen-bond acceptors (Lipinski definition) is 5. The normalized spacial score (nSPS) is 20.9. The summed E-state index contributed by atoms with van der Waals surface area (Å²) in [5.74, 6) is 1.18. The zero-order valence-electron chi connectivity index (χ0n) is 21.6. The lowest BCUT2D eigenvalue weighted by atomic mass is 9.82. The molecule has 0 spiro atoms. The number of fused-ring (bicyclic) bond motifs is 1. The molecule has 0 bridgehead atoms. The van der Waals surface area contributed by atoms with Gasteiger partial charge in [0.1, 0.15) is 11.5 Å². The molecular weight excluding hydrogens is 527 g/mol. The van der Waals surface area contributed by atoms with Crippen molar-refractivity contribution >= 4 is 40.3 Å². The van der Waals surface area contributed by atoms with Crippen molar-refractivity contribution < 1.29 is 9.18 Å². The Labute approximate surface area is 229 Å². The Morgan fingerprint density at radius 1 is 1.03 bits per heavy atom. The summed E-state index contributed by atoms with van der Waals surface area (Å²) >= 11 is 7.85. The van der Waals surface area contributed by atoms with Gasteiger partial charge in [-0.25, -0.2) is 14.2 Å². The number of nitrogens with zero attached hydrogens (tertiary/aromatic N) is 3. The lowest BCUT2D eigenvalue weighted by Crippen LogP contribution is -2.48. The van der Waals surface area contributed by atoms with Crippen LogP contribution in [0.2, 0.25) is 5.02 Å². The first-order chi connectivity index (χ1) is 18.2. The van der Waals surface area contributed by atoms with E-state index in [0.717, 1.165) is 36.1 Å². The molecule has 3 heterocycles. The van der Waals surface area contributed by atoms with Gasteiger partial charge < -0.3 is 5.32 Å². The lowest BCUT2D eigenvalue weighted by molar-refractivity contribution is -0.126. The number of amides is 1. The minimum Gasteiger partial charge on any atom is -0.353 e. The summed E-state index contributed by atoms with van der Waals surface area (Å²) in [5, 5.41) is 3.93. The van der Waals surface area contributed by atoms with Gasteiger partial charge in [0, 0.05) is 23.1 Å². The molecule has 5 rings (SSSR count). The van der Waals surface area contributed by atoms with Crippen molar-refractivity contribution in [3.8, 4) is 0 Å². The summed E-state index contributed by atoms with van der Waals surface area (Å²) < 4.78 is 17.1. The fourth-order valence-electron chi connectivity index (χ4n) is 5.64. The Kier molecular flexibility index (Phi) is 7.69. The molecule has 1 saturated heterocycles. The van der Waals surface area contributed by atoms with Gasteiger partial charge in [-0.15, -0.1) is 0 Å². The average molecular weight is 559 g/mol. The highest BCUT2D eigenvalue weighted by Gasteiger charge is 2.34. The van der Waals surface area contributed by atoms with Crippen LogP contribution < -0.4 is 16.6 Å². The molecule has 0 atom stereocenters. The van der Waals surface area contributed by atoms with Crippen LogP contribution in [0.5, 0.6) is 0 Å². The molecule has 1 aromatic carbocycles. The number of carbonyl (C=O) groups excluding carboxylic acids is 1. The number of carbonyl (C=O) groups is 1. The highest BCUT2D eigenvalue weighted by Crippen LogP contribution is 2.31. The molecule has 202 valence electrons. The highest BCUT2D eigenvalue weighted by atomic mass is 35.5. The zero-order chi connectivity index (χ0) is 27.0. The van der Waals surface area contributed by atoms with Crippen molar-refractivity contribution in [3.63, 3.8) is 0 Å². The van der Waals surface area contributed by atoms with E-state index in [-0.39, 0.29) is 40.8 Å². The van der Waals surface area contributed by atoms with Crippen LogP contribution in [0.1, 0.15) is 70.0 Å². The molecule has 1 N–H and O–H groups in total. The number of aromatic nitrogens is 3. The van der Waals surface area contributed by atoms with Gasteiger partial charge in [-0.3, -0.25) is 18.7 Å². The quantitative estimate of drug-likeness (QED) is 0.476. The van der Waals surface area contributed by atoms with Gasteiger partial charge in [-0.2, -0.15) is 11.8 Å². The second-order valence-corrected chi connectivity index (χ2v) is 12.5. The van der Waals surface area contributed by atoms with Crippen molar-refractivity contribution in [1.82, 2.24) is 19.4 Å². The van der Waals surface area contributed by atoms with Crippen molar-refractivity contribution in [3.05, 3.63) is 73.8 Å². The molecule has 0 radical (unpaired) electrons. The van der Waals surface area contributed by atoms with Crippen LogP contribution in [0.15, 0.2) is 46.1 Å². The van der Waals surface area contributed by atoms with E-state index in [1.807, 2.05) is 37.7 Å². The topological polar surface area (TPSA) is 86.0 Å². The maximum Gasteiger partial charge on any atom is 0.333 e. The Morgan fingerprint density at radius 3 is 2.32 bits per heavy atom. The highest BCUT2D eigenvalue weighted by molar-refractivity contribution is 7.99. The third-order valence-electron chi connectivity index (χ3n) is 8.01. The van der Waals surface area contributed by atoms with E-state index in [0.29, 0.717) is 30.7 Å². The smallest absolute Gasteiger partial charge is 0.333 e. The van der Waals surface area contributed by atoms with Crippen LogP contribution in [0.4, 0.5) is 4.39 Å². The summed E-state index contributed by atoms with van der Waals surface area (Å²) in [4.78, 5) is 44.6. The van der Waals surface area contributed by atoms with Gasteiger partial charge in [-0.05, 0) is 87.6 Å². The Hall–Kier alpha value is -2.65. The first-order valence-corrected chi connectivity index (χ1v) is 14.7. The molecule has 1 aliphatic carbocycles. The predicted octanol–water partition coefficient (Wildman–Crippen LogP) is 5.00. The van der Waals surface area contributed by atoms with Crippen LogP contribution >= 0.6 is 23.4 Å². The fraction of sp³-hybridized carbons (Fsp3) is 0.500. The summed E-state index contributed by atoms with van der Waals surface area (Å²) in [6.45, 7) is 3.76. The maximum atomic E-state index is 14.1. The number of benzene rings is 1. The molecule has 0 unspecified atom stereocenters. The van der Waals surface area contributed by atoms with E-state index in [1.165, 1.54) is 10.6 Å². The minimum atomic E-state index is -0.736. The molecule has 1 amide bonds. The second-order valence-electron chi connectivity index (χ2n) is 10.8. The first-order valence-electron chi connectivity index (χ1n) is 13.1.